The quantitative estimate of drug-likeness (QED) is 0.408. The smallest absolute Gasteiger partial charge is 0.255 e. The Balaban J connectivity index is 1.43. The second-order valence-corrected chi connectivity index (χ2v) is 7.82. The number of carbonyl (C=O) groups excluding carboxylic acids is 4. The maximum absolute atomic E-state index is 13.3. The summed E-state index contributed by atoms with van der Waals surface area (Å²) >= 11 is 0. The first kappa shape index (κ1) is 21.0. The third-order valence-electron chi connectivity index (χ3n) is 5.61. The van der Waals surface area contributed by atoms with Gasteiger partial charge in [0.15, 0.2) is 11.6 Å². The molecule has 0 heterocycles. The van der Waals surface area contributed by atoms with Gasteiger partial charge in [-0.05, 0) is 60.7 Å². The molecule has 1 aliphatic rings. The van der Waals surface area contributed by atoms with Crippen LogP contribution < -0.4 is 10.6 Å². The van der Waals surface area contributed by atoms with Crippen LogP contribution in [0.15, 0.2) is 97.1 Å². The Kier molecular flexibility index (Phi) is 5.32. The van der Waals surface area contributed by atoms with Gasteiger partial charge in [0.2, 0.25) is 0 Å². The van der Waals surface area contributed by atoms with Crippen LogP contribution in [0.5, 0.6) is 0 Å². The van der Waals surface area contributed by atoms with E-state index in [1.165, 1.54) is 12.1 Å². The van der Waals surface area contributed by atoms with Crippen molar-refractivity contribution in [2.75, 3.05) is 10.6 Å². The molecule has 164 valence electrons. The maximum Gasteiger partial charge on any atom is 0.255 e. The fourth-order valence-electron chi connectivity index (χ4n) is 3.89. The first-order valence-electron chi connectivity index (χ1n) is 10.6. The highest BCUT2D eigenvalue weighted by molar-refractivity contribution is 6.29. The molecule has 2 amide bonds. The van der Waals surface area contributed by atoms with Crippen LogP contribution in [0.3, 0.4) is 0 Å². The molecule has 0 bridgehead atoms. The van der Waals surface area contributed by atoms with Crippen LogP contribution in [0.25, 0.3) is 0 Å². The van der Waals surface area contributed by atoms with Gasteiger partial charge in [0.1, 0.15) is 0 Å². The molecular weight excluding hydrogens is 428 g/mol. The molecule has 0 unspecified atom stereocenters. The number of ketones is 2. The lowest BCUT2D eigenvalue weighted by Crippen LogP contribution is -2.22. The number of carbonyl (C=O) groups is 4. The summed E-state index contributed by atoms with van der Waals surface area (Å²) < 4.78 is 0. The SMILES string of the molecule is O=C(Nc1ccc2c(c1)C(=O)c1cc(NC(=O)c3ccccc3)ccc1C2=O)c1ccccc1. The predicted octanol–water partition coefficient (Wildman–Crippen LogP) is 4.97. The number of anilines is 2. The normalized spacial score (nSPS) is 11.9. The van der Waals surface area contributed by atoms with Gasteiger partial charge in [-0.15, -0.1) is 0 Å². The van der Waals surface area contributed by atoms with Crippen LogP contribution in [0, 0.1) is 0 Å². The lowest BCUT2D eigenvalue weighted by molar-refractivity contribution is 0.0979. The number of hydrogen-bond donors (Lipinski definition) is 2. The molecular formula is C28H18N2O4. The van der Waals surface area contributed by atoms with Crippen molar-refractivity contribution in [3.63, 3.8) is 0 Å². The van der Waals surface area contributed by atoms with Crippen molar-refractivity contribution in [3.05, 3.63) is 130 Å². The van der Waals surface area contributed by atoms with Crippen molar-refractivity contribution in [1.29, 1.82) is 0 Å². The summed E-state index contributed by atoms with van der Waals surface area (Å²) in [6.45, 7) is 0. The molecule has 5 rings (SSSR count). The summed E-state index contributed by atoms with van der Waals surface area (Å²) in [6.07, 6.45) is 0. The van der Waals surface area contributed by atoms with Crippen molar-refractivity contribution >= 4 is 34.8 Å². The third-order valence-corrected chi connectivity index (χ3v) is 5.61. The Labute approximate surface area is 195 Å². The first-order valence-corrected chi connectivity index (χ1v) is 10.6. The van der Waals surface area contributed by atoms with E-state index in [9.17, 15) is 19.2 Å². The average molecular weight is 446 g/mol. The number of fused-ring (bicyclic) bond motifs is 2. The predicted molar refractivity (Wildman–Crippen MR) is 129 cm³/mol. The Morgan fingerprint density at radius 2 is 0.853 bits per heavy atom. The van der Waals surface area contributed by atoms with Crippen LogP contribution in [0.1, 0.15) is 52.6 Å². The van der Waals surface area contributed by atoms with Crippen molar-refractivity contribution in [2.45, 2.75) is 0 Å². The van der Waals surface area contributed by atoms with Gasteiger partial charge < -0.3 is 10.6 Å². The molecule has 4 aromatic rings. The zero-order valence-electron chi connectivity index (χ0n) is 17.9. The van der Waals surface area contributed by atoms with E-state index in [2.05, 4.69) is 10.6 Å². The number of hydrogen-bond acceptors (Lipinski definition) is 4. The molecule has 0 atom stereocenters. The van der Waals surface area contributed by atoms with Crippen LogP contribution >= 0.6 is 0 Å². The summed E-state index contributed by atoms with van der Waals surface area (Å²) in [5, 5.41) is 5.53. The first-order chi connectivity index (χ1) is 16.5. The van der Waals surface area contributed by atoms with Crippen molar-refractivity contribution in [1.82, 2.24) is 0 Å². The standard InChI is InChI=1S/C28H18N2O4/c31-25-21-13-11-19(29-27(33)17-7-3-1-4-8-17)15-23(21)26(32)24-16-20(12-14-22(24)25)30-28(34)18-9-5-2-6-10-18/h1-16H,(H,29,33)(H,30,34). The Morgan fingerprint density at radius 3 is 1.26 bits per heavy atom. The zero-order chi connectivity index (χ0) is 23.7. The summed E-state index contributed by atoms with van der Waals surface area (Å²) in [5.41, 5.74) is 2.73. The van der Waals surface area contributed by atoms with Crippen LogP contribution in [-0.2, 0) is 0 Å². The van der Waals surface area contributed by atoms with E-state index in [0.29, 0.717) is 22.5 Å². The Morgan fingerprint density at radius 1 is 0.471 bits per heavy atom. The molecule has 2 N–H and O–H groups in total. The second kappa shape index (κ2) is 8.60. The molecule has 0 saturated carbocycles. The van der Waals surface area contributed by atoms with Gasteiger partial charge in [-0.25, -0.2) is 0 Å². The molecule has 1 aliphatic carbocycles. The topological polar surface area (TPSA) is 92.3 Å². The summed E-state index contributed by atoms with van der Waals surface area (Å²) in [4.78, 5) is 51.3. The molecule has 0 aliphatic heterocycles. The van der Waals surface area contributed by atoms with Gasteiger partial charge in [-0.1, -0.05) is 36.4 Å². The highest BCUT2D eigenvalue weighted by Crippen LogP contribution is 2.31. The average Bonchev–Trinajstić information content (AvgIpc) is 2.88. The minimum Gasteiger partial charge on any atom is -0.322 e. The lowest BCUT2D eigenvalue weighted by atomic mass is 9.83. The number of rotatable bonds is 4. The van der Waals surface area contributed by atoms with Crippen LogP contribution in [-0.4, -0.2) is 23.4 Å². The molecule has 34 heavy (non-hydrogen) atoms. The summed E-state index contributed by atoms with van der Waals surface area (Å²) in [7, 11) is 0. The molecule has 0 fully saturated rings. The van der Waals surface area contributed by atoms with E-state index in [1.807, 2.05) is 12.1 Å². The highest BCUT2D eigenvalue weighted by atomic mass is 16.2. The minimum absolute atomic E-state index is 0.204. The fourth-order valence-corrected chi connectivity index (χ4v) is 3.89. The monoisotopic (exact) mass is 446 g/mol. The van der Waals surface area contributed by atoms with E-state index >= 15 is 0 Å². The lowest BCUT2D eigenvalue weighted by Gasteiger charge is -2.19. The van der Waals surface area contributed by atoms with E-state index in [-0.39, 0.29) is 45.6 Å². The third kappa shape index (κ3) is 3.89. The van der Waals surface area contributed by atoms with E-state index in [1.54, 1.807) is 72.8 Å². The number of benzene rings is 4. The van der Waals surface area contributed by atoms with Gasteiger partial charge in [0, 0.05) is 44.8 Å². The summed E-state index contributed by atoms with van der Waals surface area (Å²) in [6, 6.07) is 26.7. The van der Waals surface area contributed by atoms with Crippen LogP contribution in [0.2, 0.25) is 0 Å². The summed E-state index contributed by atoms with van der Waals surface area (Å²) in [5.74, 6) is -1.27. The fraction of sp³-hybridized carbons (Fsp3) is 0. The van der Waals surface area contributed by atoms with E-state index in [0.717, 1.165) is 0 Å². The second-order valence-electron chi connectivity index (χ2n) is 7.82. The molecule has 0 aromatic heterocycles. The molecule has 0 radical (unpaired) electrons. The zero-order valence-corrected chi connectivity index (χ0v) is 17.9. The highest BCUT2D eigenvalue weighted by Gasteiger charge is 2.30. The minimum atomic E-state index is -0.351. The van der Waals surface area contributed by atoms with Gasteiger partial charge >= 0.3 is 0 Å². The van der Waals surface area contributed by atoms with Crippen LogP contribution in [0.4, 0.5) is 11.4 Å². The molecule has 6 nitrogen and oxygen atoms in total. The van der Waals surface area contributed by atoms with E-state index < -0.39 is 0 Å². The van der Waals surface area contributed by atoms with Gasteiger partial charge in [-0.2, -0.15) is 0 Å². The van der Waals surface area contributed by atoms with E-state index in [4.69, 9.17) is 0 Å². The van der Waals surface area contributed by atoms with Crippen molar-refractivity contribution in [2.24, 2.45) is 0 Å². The van der Waals surface area contributed by atoms with Gasteiger partial charge in [-0.3, -0.25) is 19.2 Å². The maximum atomic E-state index is 13.3. The molecule has 0 saturated heterocycles. The number of nitrogens with one attached hydrogen (secondary N) is 2. The van der Waals surface area contributed by atoms with Crippen molar-refractivity contribution in [3.8, 4) is 0 Å². The van der Waals surface area contributed by atoms with Gasteiger partial charge in [0.25, 0.3) is 11.8 Å². The molecule has 6 heteroatoms. The van der Waals surface area contributed by atoms with Gasteiger partial charge in [0.05, 0.1) is 0 Å². The number of amides is 2. The Hall–Kier alpha value is -4.84. The largest absolute Gasteiger partial charge is 0.322 e. The molecule has 0 spiro atoms. The Bertz CT molecular complexity index is 1350. The van der Waals surface area contributed by atoms with Crippen molar-refractivity contribution < 1.29 is 19.2 Å². The molecule has 4 aromatic carbocycles.